The number of hydrogen-bond acceptors (Lipinski definition) is 2. The standard InChI is InChI=1S/C11H13BrO2/c1-11(2)13-7-10(14-11)8-3-5-9(12)6-4-8/h3-6,10H,7H2,1-2H3. The van der Waals surface area contributed by atoms with Gasteiger partial charge in [0.15, 0.2) is 5.79 Å². The minimum atomic E-state index is -0.447. The maximum absolute atomic E-state index is 5.74. The molecule has 0 aliphatic carbocycles. The van der Waals surface area contributed by atoms with Gasteiger partial charge in [-0.05, 0) is 31.5 Å². The summed E-state index contributed by atoms with van der Waals surface area (Å²) in [5, 5.41) is 0. The molecule has 0 radical (unpaired) electrons. The second kappa shape index (κ2) is 3.65. The molecule has 0 saturated carbocycles. The zero-order valence-corrected chi connectivity index (χ0v) is 9.87. The number of halogens is 1. The molecule has 3 heteroatoms. The molecule has 0 aromatic heterocycles. The largest absolute Gasteiger partial charge is 0.347 e. The average Bonchev–Trinajstić information content (AvgIpc) is 2.47. The molecule has 1 aliphatic rings. The van der Waals surface area contributed by atoms with Crippen LogP contribution in [0, 0.1) is 0 Å². The summed E-state index contributed by atoms with van der Waals surface area (Å²) >= 11 is 3.40. The van der Waals surface area contributed by atoms with Crippen LogP contribution in [-0.2, 0) is 9.47 Å². The van der Waals surface area contributed by atoms with Gasteiger partial charge in [0.1, 0.15) is 6.10 Å². The van der Waals surface area contributed by atoms with Gasteiger partial charge in [0.2, 0.25) is 0 Å². The summed E-state index contributed by atoms with van der Waals surface area (Å²) in [6.07, 6.45) is 0.0677. The van der Waals surface area contributed by atoms with E-state index < -0.39 is 5.79 Å². The number of rotatable bonds is 1. The van der Waals surface area contributed by atoms with Crippen molar-refractivity contribution in [2.24, 2.45) is 0 Å². The normalized spacial score (nSPS) is 25.2. The van der Waals surface area contributed by atoms with Gasteiger partial charge in [-0.2, -0.15) is 0 Å². The summed E-state index contributed by atoms with van der Waals surface area (Å²) in [6, 6.07) is 8.15. The summed E-state index contributed by atoms with van der Waals surface area (Å²) in [7, 11) is 0. The molecule has 1 unspecified atom stereocenters. The van der Waals surface area contributed by atoms with Crippen molar-refractivity contribution in [3.63, 3.8) is 0 Å². The Balaban J connectivity index is 2.14. The number of hydrogen-bond donors (Lipinski definition) is 0. The lowest BCUT2D eigenvalue weighted by Crippen LogP contribution is -2.19. The van der Waals surface area contributed by atoms with Crippen molar-refractivity contribution in [1.29, 1.82) is 0 Å². The van der Waals surface area contributed by atoms with Gasteiger partial charge >= 0.3 is 0 Å². The molecule has 0 amide bonds. The first-order valence-electron chi connectivity index (χ1n) is 4.64. The molecule has 0 N–H and O–H groups in total. The highest BCUT2D eigenvalue weighted by Crippen LogP contribution is 2.32. The lowest BCUT2D eigenvalue weighted by atomic mass is 10.1. The maximum Gasteiger partial charge on any atom is 0.163 e. The Morgan fingerprint density at radius 3 is 2.43 bits per heavy atom. The molecule has 14 heavy (non-hydrogen) atoms. The molecule has 1 heterocycles. The van der Waals surface area contributed by atoms with E-state index in [-0.39, 0.29) is 6.10 Å². The van der Waals surface area contributed by atoms with Gasteiger partial charge in [0.25, 0.3) is 0 Å². The summed E-state index contributed by atoms with van der Waals surface area (Å²) in [5.41, 5.74) is 1.17. The molecular weight excluding hydrogens is 244 g/mol. The second-order valence-corrected chi connectivity index (χ2v) is 4.78. The van der Waals surface area contributed by atoms with E-state index in [4.69, 9.17) is 9.47 Å². The van der Waals surface area contributed by atoms with Crippen molar-refractivity contribution in [1.82, 2.24) is 0 Å². The van der Waals surface area contributed by atoms with Gasteiger partial charge in [-0.25, -0.2) is 0 Å². The molecule has 0 spiro atoms. The topological polar surface area (TPSA) is 18.5 Å². The molecule has 2 rings (SSSR count). The summed E-state index contributed by atoms with van der Waals surface area (Å²) in [5.74, 6) is -0.447. The van der Waals surface area contributed by atoms with Gasteiger partial charge < -0.3 is 9.47 Å². The van der Waals surface area contributed by atoms with Gasteiger partial charge in [0.05, 0.1) is 6.61 Å². The van der Waals surface area contributed by atoms with E-state index in [0.717, 1.165) is 4.47 Å². The highest BCUT2D eigenvalue weighted by atomic mass is 79.9. The van der Waals surface area contributed by atoms with E-state index in [2.05, 4.69) is 28.1 Å². The van der Waals surface area contributed by atoms with Crippen molar-refractivity contribution >= 4 is 15.9 Å². The number of benzene rings is 1. The van der Waals surface area contributed by atoms with Crippen molar-refractivity contribution in [2.45, 2.75) is 25.7 Å². The Morgan fingerprint density at radius 2 is 1.93 bits per heavy atom. The first-order chi connectivity index (χ1) is 6.57. The molecule has 1 aromatic rings. The van der Waals surface area contributed by atoms with Crippen molar-refractivity contribution in [3.05, 3.63) is 34.3 Å². The zero-order valence-electron chi connectivity index (χ0n) is 8.29. The van der Waals surface area contributed by atoms with E-state index in [1.165, 1.54) is 5.56 Å². The molecule has 0 bridgehead atoms. The molecule has 2 nitrogen and oxygen atoms in total. The predicted octanol–water partition coefficient (Wildman–Crippen LogP) is 3.27. The van der Waals surface area contributed by atoms with Crippen LogP contribution in [-0.4, -0.2) is 12.4 Å². The van der Waals surface area contributed by atoms with Crippen LogP contribution in [0.3, 0.4) is 0 Å². The molecule has 76 valence electrons. The number of ether oxygens (including phenoxy) is 2. The van der Waals surface area contributed by atoms with Crippen LogP contribution in [0.15, 0.2) is 28.7 Å². The third kappa shape index (κ3) is 2.16. The smallest absolute Gasteiger partial charge is 0.163 e. The third-order valence-electron chi connectivity index (χ3n) is 2.25. The molecule has 1 aromatic carbocycles. The van der Waals surface area contributed by atoms with Crippen LogP contribution in [0.5, 0.6) is 0 Å². The fraction of sp³-hybridized carbons (Fsp3) is 0.455. The molecular formula is C11H13BrO2. The van der Waals surface area contributed by atoms with Crippen LogP contribution in [0.4, 0.5) is 0 Å². The van der Waals surface area contributed by atoms with Crippen LogP contribution < -0.4 is 0 Å². The van der Waals surface area contributed by atoms with E-state index in [1.54, 1.807) is 0 Å². The van der Waals surface area contributed by atoms with Crippen LogP contribution in [0.1, 0.15) is 25.5 Å². The lowest BCUT2D eigenvalue weighted by Gasteiger charge is -2.17. The predicted molar refractivity (Wildman–Crippen MR) is 58.0 cm³/mol. The quantitative estimate of drug-likeness (QED) is 0.768. The Kier molecular flexibility index (Phi) is 2.64. The van der Waals surface area contributed by atoms with E-state index in [0.29, 0.717) is 6.61 Å². The molecule has 1 aliphatic heterocycles. The first kappa shape index (κ1) is 10.1. The van der Waals surface area contributed by atoms with Gasteiger partial charge in [-0.15, -0.1) is 0 Å². The van der Waals surface area contributed by atoms with Crippen LogP contribution in [0.2, 0.25) is 0 Å². The van der Waals surface area contributed by atoms with Crippen molar-refractivity contribution < 1.29 is 9.47 Å². The highest BCUT2D eigenvalue weighted by molar-refractivity contribution is 9.10. The third-order valence-corrected chi connectivity index (χ3v) is 2.78. The van der Waals surface area contributed by atoms with Crippen molar-refractivity contribution in [3.8, 4) is 0 Å². The van der Waals surface area contributed by atoms with E-state index in [1.807, 2.05) is 26.0 Å². The summed E-state index contributed by atoms with van der Waals surface area (Å²) in [4.78, 5) is 0. The SMILES string of the molecule is CC1(C)OCC(c2ccc(Br)cc2)O1. The fourth-order valence-corrected chi connectivity index (χ4v) is 1.79. The first-order valence-corrected chi connectivity index (χ1v) is 5.43. The highest BCUT2D eigenvalue weighted by Gasteiger charge is 2.33. The average molecular weight is 257 g/mol. The monoisotopic (exact) mass is 256 g/mol. The van der Waals surface area contributed by atoms with E-state index >= 15 is 0 Å². The van der Waals surface area contributed by atoms with Gasteiger partial charge in [-0.1, -0.05) is 28.1 Å². The second-order valence-electron chi connectivity index (χ2n) is 3.87. The summed E-state index contributed by atoms with van der Waals surface area (Å²) in [6.45, 7) is 4.51. The zero-order chi connectivity index (χ0) is 10.2. The summed E-state index contributed by atoms with van der Waals surface area (Å²) < 4.78 is 12.3. The molecule has 1 fully saturated rings. The van der Waals surface area contributed by atoms with Crippen molar-refractivity contribution in [2.75, 3.05) is 6.61 Å². The van der Waals surface area contributed by atoms with Crippen LogP contribution >= 0.6 is 15.9 Å². The van der Waals surface area contributed by atoms with Gasteiger partial charge in [0, 0.05) is 4.47 Å². The Labute approximate surface area is 92.3 Å². The van der Waals surface area contributed by atoms with E-state index in [9.17, 15) is 0 Å². The molecule has 1 saturated heterocycles. The Bertz CT molecular complexity index is 319. The molecule has 1 atom stereocenters. The van der Waals surface area contributed by atoms with Gasteiger partial charge in [-0.3, -0.25) is 0 Å². The van der Waals surface area contributed by atoms with Crippen LogP contribution in [0.25, 0.3) is 0 Å². The Morgan fingerprint density at radius 1 is 1.29 bits per heavy atom. The Hall–Kier alpha value is -0.380. The minimum Gasteiger partial charge on any atom is -0.347 e. The maximum atomic E-state index is 5.74. The lowest BCUT2D eigenvalue weighted by molar-refractivity contribution is -0.139. The minimum absolute atomic E-state index is 0.0677. The fourth-order valence-electron chi connectivity index (χ4n) is 1.53.